The zero-order chi connectivity index (χ0) is 19.9. The van der Waals surface area contributed by atoms with E-state index in [2.05, 4.69) is 10.6 Å². The molecule has 28 heavy (non-hydrogen) atoms. The third kappa shape index (κ3) is 4.83. The van der Waals surface area contributed by atoms with Crippen LogP contribution in [0.3, 0.4) is 0 Å². The van der Waals surface area contributed by atoms with Crippen LogP contribution in [0.2, 0.25) is 0 Å². The lowest BCUT2D eigenvalue weighted by Crippen LogP contribution is -2.47. The quantitative estimate of drug-likeness (QED) is 0.670. The number of para-hydroxylation sites is 1. The maximum atomic E-state index is 13.1. The van der Waals surface area contributed by atoms with Crippen molar-refractivity contribution < 1.29 is 19.1 Å². The van der Waals surface area contributed by atoms with Gasteiger partial charge in [0.05, 0.1) is 6.54 Å². The molecule has 0 unspecified atom stereocenters. The number of nitrogens with one attached hydrogen (secondary N) is 2. The SMILES string of the molecule is CCOC(CN1C(=O)[C@@H](NC(=O)NC2CCCCC2)c2ccccc21)OCC. The molecular formula is C21H31N3O4. The highest BCUT2D eigenvalue weighted by atomic mass is 16.7. The van der Waals surface area contributed by atoms with Crippen LogP contribution in [0.1, 0.15) is 57.6 Å². The Morgan fingerprint density at radius 3 is 2.46 bits per heavy atom. The predicted molar refractivity (Wildman–Crippen MR) is 107 cm³/mol. The van der Waals surface area contributed by atoms with Crippen molar-refractivity contribution >= 4 is 17.6 Å². The molecule has 0 radical (unpaired) electrons. The molecule has 1 aromatic carbocycles. The van der Waals surface area contributed by atoms with Gasteiger partial charge < -0.3 is 25.0 Å². The third-order valence-corrected chi connectivity index (χ3v) is 5.30. The molecule has 1 saturated carbocycles. The summed E-state index contributed by atoms with van der Waals surface area (Å²) in [5.74, 6) is -0.163. The molecule has 0 aromatic heterocycles. The molecule has 2 aliphatic rings. The summed E-state index contributed by atoms with van der Waals surface area (Å²) in [7, 11) is 0. The van der Waals surface area contributed by atoms with E-state index in [9.17, 15) is 9.59 Å². The summed E-state index contributed by atoms with van der Waals surface area (Å²) in [5, 5.41) is 5.90. The summed E-state index contributed by atoms with van der Waals surface area (Å²) in [4.78, 5) is 27.3. The molecule has 1 aromatic rings. The van der Waals surface area contributed by atoms with Gasteiger partial charge in [-0.05, 0) is 32.8 Å². The molecule has 3 amide bonds. The van der Waals surface area contributed by atoms with Gasteiger partial charge in [0.25, 0.3) is 5.91 Å². The lowest BCUT2D eigenvalue weighted by molar-refractivity contribution is -0.135. The summed E-state index contributed by atoms with van der Waals surface area (Å²) in [6.45, 7) is 5.08. The van der Waals surface area contributed by atoms with E-state index in [1.807, 2.05) is 38.1 Å². The lowest BCUT2D eigenvalue weighted by Gasteiger charge is -2.25. The van der Waals surface area contributed by atoms with Gasteiger partial charge in [-0.15, -0.1) is 0 Å². The van der Waals surface area contributed by atoms with Crippen molar-refractivity contribution in [3.8, 4) is 0 Å². The first-order valence-electron chi connectivity index (χ1n) is 10.3. The van der Waals surface area contributed by atoms with E-state index in [-0.39, 0.29) is 18.0 Å². The minimum Gasteiger partial charge on any atom is -0.351 e. The number of hydrogen-bond acceptors (Lipinski definition) is 4. The van der Waals surface area contributed by atoms with Gasteiger partial charge in [0.2, 0.25) is 0 Å². The molecule has 154 valence electrons. The van der Waals surface area contributed by atoms with E-state index < -0.39 is 12.3 Å². The van der Waals surface area contributed by atoms with Gasteiger partial charge in [0.1, 0.15) is 6.04 Å². The highest BCUT2D eigenvalue weighted by Gasteiger charge is 2.39. The van der Waals surface area contributed by atoms with Crippen molar-refractivity contribution in [2.45, 2.75) is 64.3 Å². The van der Waals surface area contributed by atoms with E-state index in [4.69, 9.17) is 9.47 Å². The molecule has 1 atom stereocenters. The fourth-order valence-electron chi connectivity index (χ4n) is 3.99. The van der Waals surface area contributed by atoms with Crippen molar-refractivity contribution in [1.82, 2.24) is 10.6 Å². The second-order valence-corrected chi connectivity index (χ2v) is 7.23. The Morgan fingerprint density at radius 1 is 1.11 bits per heavy atom. The first-order valence-corrected chi connectivity index (χ1v) is 10.3. The number of carbonyl (C=O) groups is 2. The zero-order valence-electron chi connectivity index (χ0n) is 16.8. The summed E-state index contributed by atoms with van der Waals surface area (Å²) in [6, 6.07) is 6.76. The van der Waals surface area contributed by atoms with Crippen LogP contribution in [-0.4, -0.2) is 44.0 Å². The van der Waals surface area contributed by atoms with Crippen LogP contribution in [0.4, 0.5) is 10.5 Å². The number of rotatable bonds is 8. The highest BCUT2D eigenvalue weighted by Crippen LogP contribution is 2.36. The number of fused-ring (bicyclic) bond motifs is 1. The fraction of sp³-hybridized carbons (Fsp3) is 0.619. The maximum Gasteiger partial charge on any atom is 0.315 e. The smallest absolute Gasteiger partial charge is 0.315 e. The van der Waals surface area contributed by atoms with Gasteiger partial charge in [-0.25, -0.2) is 4.79 Å². The van der Waals surface area contributed by atoms with Crippen LogP contribution in [-0.2, 0) is 14.3 Å². The number of urea groups is 1. The van der Waals surface area contributed by atoms with Crippen LogP contribution in [0.5, 0.6) is 0 Å². The second-order valence-electron chi connectivity index (χ2n) is 7.23. The van der Waals surface area contributed by atoms with E-state index in [0.717, 1.165) is 36.9 Å². The van der Waals surface area contributed by atoms with Crippen molar-refractivity contribution in [2.75, 3.05) is 24.7 Å². The zero-order valence-corrected chi connectivity index (χ0v) is 16.8. The Morgan fingerprint density at radius 2 is 1.79 bits per heavy atom. The van der Waals surface area contributed by atoms with Crippen molar-refractivity contribution in [1.29, 1.82) is 0 Å². The molecule has 1 aliphatic carbocycles. The third-order valence-electron chi connectivity index (χ3n) is 5.30. The van der Waals surface area contributed by atoms with Crippen LogP contribution < -0.4 is 15.5 Å². The summed E-state index contributed by atoms with van der Waals surface area (Å²) in [5.41, 5.74) is 1.60. The Bertz CT molecular complexity index is 669. The predicted octanol–water partition coefficient (Wildman–Crippen LogP) is 3.11. The molecule has 7 heteroatoms. The summed E-state index contributed by atoms with van der Waals surface area (Å²) < 4.78 is 11.2. The lowest BCUT2D eigenvalue weighted by atomic mass is 9.96. The van der Waals surface area contributed by atoms with Crippen LogP contribution in [0.25, 0.3) is 0 Å². The standard InChI is InChI=1S/C21H31N3O4/c1-3-27-18(28-4-2)14-24-17-13-9-8-12-16(17)19(20(24)25)23-21(26)22-15-10-6-5-7-11-15/h8-9,12-13,15,18-19H,3-7,10-11,14H2,1-2H3,(H2,22,23,26)/t19-/m0/s1. The normalized spacial score (nSPS) is 19.8. The van der Waals surface area contributed by atoms with Crippen LogP contribution in [0.15, 0.2) is 24.3 Å². The van der Waals surface area contributed by atoms with Crippen LogP contribution >= 0.6 is 0 Å². The Hall–Kier alpha value is -2.12. The van der Waals surface area contributed by atoms with Crippen molar-refractivity contribution in [2.24, 2.45) is 0 Å². The largest absolute Gasteiger partial charge is 0.351 e. The van der Waals surface area contributed by atoms with E-state index in [1.165, 1.54) is 6.42 Å². The number of ether oxygens (including phenoxy) is 2. The number of anilines is 1. The number of nitrogens with zero attached hydrogens (tertiary/aromatic N) is 1. The van der Waals surface area contributed by atoms with Gasteiger partial charge in [0, 0.05) is 30.5 Å². The van der Waals surface area contributed by atoms with Gasteiger partial charge in [-0.3, -0.25) is 4.79 Å². The number of hydrogen-bond donors (Lipinski definition) is 2. The Kier molecular flexibility index (Phi) is 7.28. The van der Waals surface area contributed by atoms with E-state index in [1.54, 1.807) is 4.90 Å². The van der Waals surface area contributed by atoms with Crippen molar-refractivity contribution in [3.05, 3.63) is 29.8 Å². The number of carbonyl (C=O) groups excluding carboxylic acids is 2. The van der Waals surface area contributed by atoms with Crippen LogP contribution in [0, 0.1) is 0 Å². The second kappa shape index (κ2) is 9.89. The summed E-state index contributed by atoms with van der Waals surface area (Å²) >= 11 is 0. The van der Waals surface area contributed by atoms with Gasteiger partial charge in [-0.2, -0.15) is 0 Å². The maximum absolute atomic E-state index is 13.1. The molecule has 3 rings (SSSR count). The molecular weight excluding hydrogens is 358 g/mol. The summed E-state index contributed by atoms with van der Waals surface area (Å²) in [6.07, 6.45) is 5.00. The number of amides is 3. The van der Waals surface area contributed by atoms with Gasteiger partial charge >= 0.3 is 6.03 Å². The molecule has 1 fully saturated rings. The molecule has 1 heterocycles. The molecule has 0 saturated heterocycles. The molecule has 2 N–H and O–H groups in total. The minimum atomic E-state index is -0.691. The number of benzene rings is 1. The highest BCUT2D eigenvalue weighted by molar-refractivity contribution is 6.06. The molecule has 0 spiro atoms. The topological polar surface area (TPSA) is 79.9 Å². The molecule has 7 nitrogen and oxygen atoms in total. The van der Waals surface area contributed by atoms with E-state index in [0.29, 0.717) is 19.8 Å². The average molecular weight is 389 g/mol. The van der Waals surface area contributed by atoms with Crippen molar-refractivity contribution in [3.63, 3.8) is 0 Å². The molecule has 1 aliphatic heterocycles. The monoisotopic (exact) mass is 389 g/mol. The Labute approximate surface area is 166 Å². The van der Waals surface area contributed by atoms with Gasteiger partial charge in [0.15, 0.2) is 6.29 Å². The first kappa shape index (κ1) is 20.6. The average Bonchev–Trinajstić information content (AvgIpc) is 2.95. The van der Waals surface area contributed by atoms with Gasteiger partial charge in [-0.1, -0.05) is 37.5 Å². The molecule has 0 bridgehead atoms. The Balaban J connectivity index is 1.70. The minimum absolute atomic E-state index is 0.163. The first-order chi connectivity index (χ1) is 13.6. The van der Waals surface area contributed by atoms with E-state index >= 15 is 0 Å². The fourth-order valence-corrected chi connectivity index (χ4v) is 3.99.